The summed E-state index contributed by atoms with van der Waals surface area (Å²) in [4.78, 5) is 2.15. The third kappa shape index (κ3) is 3.15. The van der Waals surface area contributed by atoms with Gasteiger partial charge in [-0.1, -0.05) is 20.8 Å². The van der Waals surface area contributed by atoms with E-state index in [1.165, 1.54) is 0 Å². The minimum atomic E-state index is 0.0750. The quantitative estimate of drug-likeness (QED) is 0.634. The van der Waals surface area contributed by atoms with E-state index in [1.807, 2.05) is 0 Å². The van der Waals surface area contributed by atoms with Crippen LogP contribution in [-0.4, -0.2) is 41.8 Å². The third-order valence-electron chi connectivity index (χ3n) is 3.99. The van der Waals surface area contributed by atoms with E-state index in [0.717, 1.165) is 55.0 Å². The molecular weight excluding hydrogens is 266 g/mol. The van der Waals surface area contributed by atoms with Crippen molar-refractivity contribution in [2.24, 2.45) is 5.73 Å². The Morgan fingerprint density at radius 1 is 1.33 bits per heavy atom. The molecule has 1 fully saturated rings. The van der Waals surface area contributed by atoms with Gasteiger partial charge in [0.25, 0.3) is 0 Å². The van der Waals surface area contributed by atoms with E-state index >= 15 is 0 Å². The van der Waals surface area contributed by atoms with Crippen LogP contribution < -0.4 is 10.6 Å². The van der Waals surface area contributed by atoms with Crippen molar-refractivity contribution in [3.8, 4) is 0 Å². The average molecular weight is 291 g/mol. The number of ether oxygens (including phenoxy) is 1. The maximum absolute atomic E-state index is 7.96. The first-order valence-corrected chi connectivity index (χ1v) is 7.71. The fourth-order valence-electron chi connectivity index (χ4n) is 2.83. The Morgan fingerprint density at radius 2 is 2.10 bits per heavy atom. The molecule has 1 aliphatic heterocycles. The Balaban J connectivity index is 2.45. The smallest absolute Gasteiger partial charge is 0.162 e. The van der Waals surface area contributed by atoms with E-state index in [-0.39, 0.29) is 11.9 Å². The zero-order valence-electron chi connectivity index (χ0n) is 13.1. The molecule has 0 radical (unpaired) electrons. The minimum absolute atomic E-state index is 0.0750. The SMILES string of the molecule is CCc1nnc(N2CCOC(CC)C2)c(C(=N)N)c1CC. The van der Waals surface area contributed by atoms with Crippen LogP contribution in [0.5, 0.6) is 0 Å². The highest BCUT2D eigenvalue weighted by Gasteiger charge is 2.25. The van der Waals surface area contributed by atoms with Crippen molar-refractivity contribution < 1.29 is 4.74 Å². The zero-order valence-corrected chi connectivity index (χ0v) is 13.1. The monoisotopic (exact) mass is 291 g/mol. The molecule has 0 saturated carbocycles. The molecule has 2 rings (SSSR count). The summed E-state index contributed by atoms with van der Waals surface area (Å²) < 4.78 is 5.71. The number of hydrogen-bond donors (Lipinski definition) is 2. The molecule has 0 aliphatic carbocycles. The van der Waals surface area contributed by atoms with Crippen molar-refractivity contribution in [2.75, 3.05) is 24.6 Å². The normalized spacial score (nSPS) is 18.8. The summed E-state index contributed by atoms with van der Waals surface area (Å²) in [6.45, 7) is 8.45. The second-order valence-electron chi connectivity index (χ2n) is 5.29. The Labute approximate surface area is 126 Å². The maximum Gasteiger partial charge on any atom is 0.162 e. The summed E-state index contributed by atoms with van der Waals surface area (Å²) in [5.74, 6) is 0.810. The Hall–Kier alpha value is -1.69. The van der Waals surface area contributed by atoms with E-state index in [0.29, 0.717) is 6.61 Å². The summed E-state index contributed by atoms with van der Waals surface area (Å²) >= 11 is 0. The highest BCUT2D eigenvalue weighted by molar-refractivity contribution is 6.01. The largest absolute Gasteiger partial charge is 0.384 e. The molecule has 1 aromatic rings. The van der Waals surface area contributed by atoms with Crippen LogP contribution in [0.3, 0.4) is 0 Å². The van der Waals surface area contributed by atoms with Gasteiger partial charge in [0.05, 0.1) is 24.0 Å². The first-order valence-electron chi connectivity index (χ1n) is 7.71. The van der Waals surface area contributed by atoms with Gasteiger partial charge in [-0.25, -0.2) is 0 Å². The molecule has 2 heterocycles. The molecule has 0 amide bonds. The molecule has 6 nitrogen and oxygen atoms in total. The molecule has 1 saturated heterocycles. The lowest BCUT2D eigenvalue weighted by Crippen LogP contribution is -2.44. The van der Waals surface area contributed by atoms with E-state index in [2.05, 4.69) is 35.9 Å². The molecule has 3 N–H and O–H groups in total. The topological polar surface area (TPSA) is 88.1 Å². The van der Waals surface area contributed by atoms with Crippen LogP contribution >= 0.6 is 0 Å². The number of nitrogens with two attached hydrogens (primary N) is 1. The van der Waals surface area contributed by atoms with Crippen LogP contribution in [-0.2, 0) is 17.6 Å². The van der Waals surface area contributed by atoms with Crippen LogP contribution in [0, 0.1) is 5.41 Å². The standard InChI is InChI=1S/C15H25N5O/c1-4-10-9-20(7-8-21-10)15-13(14(16)17)11(5-2)12(6-3)18-19-15/h10H,4-9H2,1-3H3,(H3,16,17). The summed E-state index contributed by atoms with van der Waals surface area (Å²) in [6, 6.07) is 0. The highest BCUT2D eigenvalue weighted by Crippen LogP contribution is 2.25. The second kappa shape index (κ2) is 6.85. The van der Waals surface area contributed by atoms with Crippen molar-refractivity contribution in [1.29, 1.82) is 5.41 Å². The molecule has 1 aromatic heterocycles. The van der Waals surface area contributed by atoms with Gasteiger partial charge in [0.15, 0.2) is 5.82 Å². The van der Waals surface area contributed by atoms with Crippen molar-refractivity contribution in [1.82, 2.24) is 10.2 Å². The van der Waals surface area contributed by atoms with E-state index in [4.69, 9.17) is 15.9 Å². The molecule has 6 heteroatoms. The van der Waals surface area contributed by atoms with Gasteiger partial charge in [0, 0.05) is 13.1 Å². The van der Waals surface area contributed by atoms with Crippen LogP contribution in [0.15, 0.2) is 0 Å². The fraction of sp³-hybridized carbons (Fsp3) is 0.667. The summed E-state index contributed by atoms with van der Waals surface area (Å²) in [5.41, 5.74) is 8.58. The number of aromatic nitrogens is 2. The number of aryl methyl sites for hydroxylation is 1. The van der Waals surface area contributed by atoms with Gasteiger partial charge in [-0.05, 0) is 24.8 Å². The lowest BCUT2D eigenvalue weighted by molar-refractivity contribution is 0.0381. The van der Waals surface area contributed by atoms with Gasteiger partial charge in [0.1, 0.15) is 5.84 Å². The van der Waals surface area contributed by atoms with Gasteiger partial charge in [-0.15, -0.1) is 5.10 Å². The van der Waals surface area contributed by atoms with Crippen LogP contribution in [0.2, 0.25) is 0 Å². The molecule has 1 atom stereocenters. The predicted octanol–water partition coefficient (Wildman–Crippen LogP) is 1.50. The lowest BCUT2D eigenvalue weighted by atomic mass is 10.0. The number of hydrogen-bond acceptors (Lipinski definition) is 5. The van der Waals surface area contributed by atoms with Gasteiger partial charge < -0.3 is 15.4 Å². The average Bonchev–Trinajstić information content (AvgIpc) is 2.53. The van der Waals surface area contributed by atoms with Crippen molar-refractivity contribution >= 4 is 11.7 Å². The van der Waals surface area contributed by atoms with Crippen LogP contribution in [0.1, 0.15) is 44.0 Å². The number of rotatable bonds is 5. The minimum Gasteiger partial charge on any atom is -0.384 e. The molecule has 0 spiro atoms. The fourth-order valence-corrected chi connectivity index (χ4v) is 2.83. The van der Waals surface area contributed by atoms with Gasteiger partial charge in [-0.2, -0.15) is 5.10 Å². The zero-order chi connectivity index (χ0) is 15.4. The summed E-state index contributed by atoms with van der Waals surface area (Å²) in [5, 5.41) is 16.7. The van der Waals surface area contributed by atoms with Crippen LogP contribution in [0.4, 0.5) is 5.82 Å². The van der Waals surface area contributed by atoms with Crippen LogP contribution in [0.25, 0.3) is 0 Å². The number of nitrogen functional groups attached to an aromatic ring is 1. The molecule has 1 aliphatic rings. The van der Waals surface area contributed by atoms with Gasteiger partial charge >= 0.3 is 0 Å². The molecule has 1 unspecified atom stereocenters. The van der Waals surface area contributed by atoms with E-state index in [1.54, 1.807) is 0 Å². The molecule has 21 heavy (non-hydrogen) atoms. The number of amidine groups is 1. The van der Waals surface area contributed by atoms with Gasteiger partial charge in [0.2, 0.25) is 0 Å². The van der Waals surface area contributed by atoms with Crippen molar-refractivity contribution in [3.05, 3.63) is 16.8 Å². The van der Waals surface area contributed by atoms with E-state index < -0.39 is 0 Å². The first kappa shape index (κ1) is 15.7. The first-order chi connectivity index (χ1) is 10.1. The molecule has 116 valence electrons. The third-order valence-corrected chi connectivity index (χ3v) is 3.99. The highest BCUT2D eigenvalue weighted by atomic mass is 16.5. The predicted molar refractivity (Wildman–Crippen MR) is 84.0 cm³/mol. The number of nitrogens with zero attached hydrogens (tertiary/aromatic N) is 3. The summed E-state index contributed by atoms with van der Waals surface area (Å²) in [7, 11) is 0. The van der Waals surface area contributed by atoms with Crippen molar-refractivity contribution in [2.45, 2.75) is 46.1 Å². The molecule has 0 bridgehead atoms. The van der Waals surface area contributed by atoms with Crippen molar-refractivity contribution in [3.63, 3.8) is 0 Å². The summed E-state index contributed by atoms with van der Waals surface area (Å²) in [6.07, 6.45) is 2.78. The van der Waals surface area contributed by atoms with Gasteiger partial charge in [-0.3, -0.25) is 5.41 Å². The Kier molecular flexibility index (Phi) is 5.12. The second-order valence-corrected chi connectivity index (χ2v) is 5.29. The molecular formula is C15H25N5O. The maximum atomic E-state index is 7.96. The lowest BCUT2D eigenvalue weighted by Gasteiger charge is -2.34. The van der Waals surface area contributed by atoms with E-state index in [9.17, 15) is 0 Å². The number of anilines is 1. The molecule has 0 aromatic carbocycles. The Bertz CT molecular complexity index is 517. The number of morpholine rings is 1. The Morgan fingerprint density at radius 3 is 2.67 bits per heavy atom. The number of nitrogens with one attached hydrogen (secondary N) is 1.